The summed E-state index contributed by atoms with van der Waals surface area (Å²) in [5.74, 6) is 0. The van der Waals surface area contributed by atoms with Gasteiger partial charge in [0.1, 0.15) is 0 Å². The first-order valence-corrected chi connectivity index (χ1v) is 8.73. The van der Waals surface area contributed by atoms with E-state index in [9.17, 15) is 10.2 Å². The van der Waals surface area contributed by atoms with Crippen LogP contribution >= 0.6 is 0 Å². The van der Waals surface area contributed by atoms with Crippen LogP contribution in [0.3, 0.4) is 0 Å². The molecule has 0 radical (unpaired) electrons. The molecule has 0 aliphatic heterocycles. The van der Waals surface area contributed by atoms with Crippen LogP contribution < -0.4 is 0 Å². The van der Waals surface area contributed by atoms with Gasteiger partial charge in [0.15, 0.2) is 0 Å². The van der Waals surface area contributed by atoms with Crippen LogP contribution in [-0.2, 0) is 0 Å². The molecule has 126 valence electrons. The van der Waals surface area contributed by atoms with Crippen LogP contribution in [0.25, 0.3) is 0 Å². The van der Waals surface area contributed by atoms with E-state index < -0.39 is 12.2 Å². The second-order valence-electron chi connectivity index (χ2n) is 5.62. The summed E-state index contributed by atoms with van der Waals surface area (Å²) in [4.78, 5) is 0. The van der Waals surface area contributed by atoms with Crippen molar-refractivity contribution in [1.29, 1.82) is 0 Å². The van der Waals surface area contributed by atoms with E-state index in [0.29, 0.717) is 12.8 Å². The molecular formula is C20H34O2. The Kier molecular flexibility index (Phi) is 15.4. The maximum atomic E-state index is 9.80. The highest BCUT2D eigenvalue weighted by Gasteiger charge is 2.03. The fourth-order valence-electron chi connectivity index (χ4n) is 1.91. The molecular weight excluding hydrogens is 272 g/mol. The minimum atomic E-state index is -0.487. The van der Waals surface area contributed by atoms with Crippen molar-refractivity contribution in [2.24, 2.45) is 0 Å². The molecule has 2 atom stereocenters. The zero-order valence-corrected chi connectivity index (χ0v) is 14.3. The second-order valence-corrected chi connectivity index (χ2v) is 5.62. The fourth-order valence-corrected chi connectivity index (χ4v) is 1.91. The highest BCUT2D eigenvalue weighted by atomic mass is 16.3. The summed E-state index contributed by atoms with van der Waals surface area (Å²) in [7, 11) is 0. The third kappa shape index (κ3) is 15.3. The molecule has 0 spiro atoms. The summed E-state index contributed by atoms with van der Waals surface area (Å²) in [6.07, 6.45) is 22.7. The summed E-state index contributed by atoms with van der Waals surface area (Å²) in [5.41, 5.74) is 0. The van der Waals surface area contributed by atoms with E-state index in [1.165, 1.54) is 25.7 Å². The average molecular weight is 306 g/mol. The molecule has 0 aromatic rings. The second kappa shape index (κ2) is 16.3. The summed E-state index contributed by atoms with van der Waals surface area (Å²) in [6, 6.07) is 0. The molecule has 0 aromatic heterocycles. The third-order valence-corrected chi connectivity index (χ3v) is 3.37. The number of unbranched alkanes of at least 4 members (excludes halogenated alkanes) is 4. The van der Waals surface area contributed by atoms with Crippen molar-refractivity contribution >= 4 is 0 Å². The summed E-state index contributed by atoms with van der Waals surface area (Å²) in [6.45, 7) is 4.35. The first-order valence-electron chi connectivity index (χ1n) is 8.73. The minimum absolute atomic E-state index is 0.487. The molecule has 2 unspecified atom stereocenters. The van der Waals surface area contributed by atoms with Gasteiger partial charge in [0.05, 0.1) is 12.2 Å². The first kappa shape index (κ1) is 20.9. The van der Waals surface area contributed by atoms with Crippen LogP contribution in [-0.4, -0.2) is 22.4 Å². The molecule has 0 bridgehead atoms. The van der Waals surface area contributed by atoms with Crippen LogP contribution in [0.5, 0.6) is 0 Å². The average Bonchev–Trinajstić information content (AvgIpc) is 2.52. The number of allylic oxidation sites excluding steroid dienone is 6. The van der Waals surface area contributed by atoms with Crippen LogP contribution in [0.4, 0.5) is 0 Å². The van der Waals surface area contributed by atoms with E-state index in [1.807, 2.05) is 24.3 Å². The van der Waals surface area contributed by atoms with Gasteiger partial charge in [0.25, 0.3) is 0 Å². The van der Waals surface area contributed by atoms with E-state index in [2.05, 4.69) is 26.0 Å². The molecule has 0 aliphatic carbocycles. The van der Waals surface area contributed by atoms with Crippen molar-refractivity contribution in [3.05, 3.63) is 48.6 Å². The largest absolute Gasteiger partial charge is 0.389 e. The van der Waals surface area contributed by atoms with Crippen LogP contribution in [0.15, 0.2) is 48.6 Å². The molecule has 2 heteroatoms. The van der Waals surface area contributed by atoms with Gasteiger partial charge in [-0.3, -0.25) is 0 Å². The highest BCUT2D eigenvalue weighted by molar-refractivity contribution is 5.06. The zero-order chi connectivity index (χ0) is 16.5. The van der Waals surface area contributed by atoms with Crippen molar-refractivity contribution in [3.63, 3.8) is 0 Å². The van der Waals surface area contributed by atoms with Gasteiger partial charge < -0.3 is 10.2 Å². The lowest BCUT2D eigenvalue weighted by molar-refractivity contribution is 0.162. The third-order valence-electron chi connectivity index (χ3n) is 3.37. The highest BCUT2D eigenvalue weighted by Crippen LogP contribution is 2.05. The smallest absolute Gasteiger partial charge is 0.0725 e. The van der Waals surface area contributed by atoms with E-state index in [0.717, 1.165) is 12.8 Å². The Morgan fingerprint density at radius 1 is 0.682 bits per heavy atom. The van der Waals surface area contributed by atoms with Crippen molar-refractivity contribution in [3.8, 4) is 0 Å². The number of hydrogen-bond acceptors (Lipinski definition) is 2. The molecule has 0 aromatic carbocycles. The van der Waals surface area contributed by atoms with Crippen LogP contribution in [0.2, 0.25) is 0 Å². The molecule has 0 aliphatic rings. The maximum absolute atomic E-state index is 9.80. The van der Waals surface area contributed by atoms with Crippen LogP contribution in [0, 0.1) is 0 Å². The molecule has 0 fully saturated rings. The number of aliphatic hydroxyl groups is 2. The quantitative estimate of drug-likeness (QED) is 0.367. The van der Waals surface area contributed by atoms with Crippen molar-refractivity contribution in [1.82, 2.24) is 0 Å². The number of hydrogen-bond donors (Lipinski definition) is 2. The topological polar surface area (TPSA) is 40.5 Å². The van der Waals surface area contributed by atoms with Gasteiger partial charge in [-0.25, -0.2) is 0 Å². The van der Waals surface area contributed by atoms with Gasteiger partial charge in [-0.05, 0) is 25.7 Å². The monoisotopic (exact) mass is 306 g/mol. The Balaban J connectivity index is 3.77. The molecule has 22 heavy (non-hydrogen) atoms. The first-order chi connectivity index (χ1) is 10.7. The molecule has 0 saturated heterocycles. The van der Waals surface area contributed by atoms with E-state index in [-0.39, 0.29) is 0 Å². The Morgan fingerprint density at radius 2 is 1.09 bits per heavy atom. The summed E-state index contributed by atoms with van der Waals surface area (Å²) in [5, 5.41) is 19.6. The molecule has 2 nitrogen and oxygen atoms in total. The number of rotatable bonds is 13. The predicted molar refractivity (Wildman–Crippen MR) is 96.9 cm³/mol. The van der Waals surface area contributed by atoms with Crippen molar-refractivity contribution < 1.29 is 10.2 Å². The molecule has 0 rings (SSSR count). The maximum Gasteiger partial charge on any atom is 0.0725 e. The SMILES string of the molecule is CCCCC=CC=CC(O)CCC(O)C=CC=CCCCC. The molecule has 0 amide bonds. The van der Waals surface area contributed by atoms with Gasteiger partial charge >= 0.3 is 0 Å². The zero-order valence-electron chi connectivity index (χ0n) is 14.3. The van der Waals surface area contributed by atoms with Crippen molar-refractivity contribution in [2.45, 2.75) is 77.4 Å². The molecule has 2 N–H and O–H groups in total. The van der Waals surface area contributed by atoms with E-state index in [4.69, 9.17) is 0 Å². The Hall–Kier alpha value is -1.12. The fraction of sp³-hybridized carbons (Fsp3) is 0.600. The lowest BCUT2D eigenvalue weighted by atomic mass is 10.1. The van der Waals surface area contributed by atoms with Gasteiger partial charge in [-0.1, -0.05) is 88.1 Å². The van der Waals surface area contributed by atoms with Gasteiger partial charge in [-0.15, -0.1) is 0 Å². The Labute approximate surface area is 137 Å². The van der Waals surface area contributed by atoms with Gasteiger partial charge in [0.2, 0.25) is 0 Å². The number of aliphatic hydroxyl groups excluding tert-OH is 2. The van der Waals surface area contributed by atoms with Gasteiger partial charge in [0, 0.05) is 0 Å². The lowest BCUT2D eigenvalue weighted by Gasteiger charge is -2.07. The predicted octanol–water partition coefficient (Wildman–Crippen LogP) is 5.09. The normalized spacial score (nSPS) is 15.6. The molecule has 0 heterocycles. The minimum Gasteiger partial charge on any atom is -0.389 e. The van der Waals surface area contributed by atoms with E-state index in [1.54, 1.807) is 12.2 Å². The Morgan fingerprint density at radius 3 is 1.45 bits per heavy atom. The van der Waals surface area contributed by atoms with Gasteiger partial charge in [-0.2, -0.15) is 0 Å². The van der Waals surface area contributed by atoms with Crippen molar-refractivity contribution in [2.75, 3.05) is 0 Å². The van der Waals surface area contributed by atoms with Crippen LogP contribution in [0.1, 0.15) is 65.2 Å². The lowest BCUT2D eigenvalue weighted by Crippen LogP contribution is -2.09. The standard InChI is InChI=1S/C20H34O2/c1-3-5-7-9-11-13-15-19(21)17-18-20(22)16-14-12-10-8-6-4-2/h9-16,19-22H,3-8,17-18H2,1-2H3. The Bertz CT molecular complexity index is 306. The summed E-state index contributed by atoms with van der Waals surface area (Å²) >= 11 is 0. The summed E-state index contributed by atoms with van der Waals surface area (Å²) < 4.78 is 0. The molecule has 0 saturated carbocycles. The van der Waals surface area contributed by atoms with E-state index >= 15 is 0 Å².